The van der Waals surface area contributed by atoms with Crippen molar-refractivity contribution in [3.05, 3.63) is 0 Å². The molecule has 4 aliphatic carbocycles. The molecule has 2 heterocycles. The molecule has 0 radical (unpaired) electrons. The van der Waals surface area contributed by atoms with Crippen LogP contribution < -0.4 is 0 Å². The van der Waals surface area contributed by atoms with Gasteiger partial charge in [0.15, 0.2) is 0 Å². The van der Waals surface area contributed by atoms with Gasteiger partial charge in [0, 0.05) is 0 Å². The van der Waals surface area contributed by atoms with Crippen molar-refractivity contribution >= 4 is 62.0 Å². The average Bonchev–Trinajstić information content (AvgIpc) is 2.90. The second kappa shape index (κ2) is 12.8. The van der Waals surface area contributed by atoms with E-state index in [0.717, 1.165) is 24.2 Å². The number of rotatable bonds is 6. The molecule has 0 N–H and O–H groups in total. The standard InChI is InChI=1S/4C6H11N.2C2H6N.3Sb/c4*7-6-4-2-1-3-5-6;2*1-3-2;;;/h4*6H,1-5H2;2*1-2H3;;;/q;;;;3*-1;2*+1. The summed E-state index contributed by atoms with van der Waals surface area (Å²) in [5.41, 5.74) is 0. The van der Waals surface area contributed by atoms with Gasteiger partial charge in [-0.25, -0.2) is 0 Å². The third-order valence-corrected chi connectivity index (χ3v) is 62.8. The van der Waals surface area contributed by atoms with Crippen LogP contribution in [-0.2, 0) is 0 Å². The Bertz CT molecular complexity index is 629. The first kappa shape index (κ1) is 29.3. The van der Waals surface area contributed by atoms with Gasteiger partial charge in [0.2, 0.25) is 0 Å². The fourth-order valence-corrected chi connectivity index (χ4v) is 97.0. The third kappa shape index (κ3) is 5.20. The fourth-order valence-electron chi connectivity index (χ4n) is 8.56. The Morgan fingerprint density at radius 2 is 0.622 bits per heavy atom. The zero-order valence-electron chi connectivity index (χ0n) is 24.5. The van der Waals surface area contributed by atoms with Gasteiger partial charge >= 0.3 is 254 Å². The second-order valence-electron chi connectivity index (χ2n) is 13.2. The van der Waals surface area contributed by atoms with E-state index in [1.54, 1.807) is 0 Å². The second-order valence-corrected chi connectivity index (χ2v) is 44.9. The monoisotopic (exact) mass is 839 g/mol. The summed E-state index contributed by atoms with van der Waals surface area (Å²) in [5.74, 6) is 0. The van der Waals surface area contributed by atoms with Gasteiger partial charge in [-0.15, -0.1) is 0 Å². The van der Waals surface area contributed by atoms with E-state index < -0.39 is 62.0 Å². The fraction of sp³-hybridized carbons (Fsp3) is 1.00. The summed E-state index contributed by atoms with van der Waals surface area (Å²) < 4.78 is 19.9. The molecule has 0 aromatic carbocycles. The molecular weight excluding hydrogens is 786 g/mol. The number of nitrogens with zero attached hydrogens (tertiary/aromatic N) is 6. The predicted molar refractivity (Wildman–Crippen MR) is 159 cm³/mol. The number of hydrogen-bond donors (Lipinski definition) is 0. The van der Waals surface area contributed by atoms with E-state index in [4.69, 9.17) is 0 Å². The van der Waals surface area contributed by atoms with Crippen LogP contribution >= 0.6 is 0 Å². The molecule has 2 aliphatic heterocycles. The molecule has 0 bridgehead atoms. The molecule has 6 fully saturated rings. The van der Waals surface area contributed by atoms with Crippen LogP contribution in [0.25, 0.3) is 0 Å². The van der Waals surface area contributed by atoms with Crippen LogP contribution in [0, 0.1) is 0 Å². The summed E-state index contributed by atoms with van der Waals surface area (Å²) in [5, 5.41) is 0. The van der Waals surface area contributed by atoms with Gasteiger partial charge in [-0.1, -0.05) is 0 Å². The molecule has 6 aliphatic rings. The van der Waals surface area contributed by atoms with Gasteiger partial charge in [-0.3, -0.25) is 0 Å². The van der Waals surface area contributed by atoms with Gasteiger partial charge in [0.25, 0.3) is 0 Å². The maximum atomic E-state index is 3.54. The quantitative estimate of drug-likeness (QED) is 0.346. The normalized spacial score (nSPS) is 32.8. The topological polar surface area (TPSA) is 19.4 Å². The van der Waals surface area contributed by atoms with Gasteiger partial charge in [-0.05, 0) is 0 Å². The van der Waals surface area contributed by atoms with Crippen LogP contribution in [0.1, 0.15) is 128 Å². The Labute approximate surface area is 251 Å². The average molecular weight is 842 g/mol. The van der Waals surface area contributed by atoms with E-state index in [1.165, 1.54) is 128 Å². The Morgan fingerprint density at radius 3 is 0.811 bits per heavy atom. The summed E-state index contributed by atoms with van der Waals surface area (Å²) in [6.45, 7) is 0. The molecule has 4 saturated carbocycles. The summed E-state index contributed by atoms with van der Waals surface area (Å²) in [6.07, 6.45) is 30.1. The predicted octanol–water partition coefficient (Wildman–Crippen LogP) is 5.08. The molecule has 6 rings (SSSR count). The van der Waals surface area contributed by atoms with E-state index in [1.807, 2.05) is 0 Å². The van der Waals surface area contributed by atoms with E-state index in [2.05, 4.69) is 39.2 Å². The summed E-state index contributed by atoms with van der Waals surface area (Å²) in [6, 6.07) is 3.69. The van der Waals surface area contributed by atoms with Gasteiger partial charge < -0.3 is 0 Å². The van der Waals surface area contributed by atoms with Crippen LogP contribution in [0.2, 0.25) is 0 Å². The van der Waals surface area contributed by atoms with Crippen LogP contribution in [0.5, 0.6) is 0 Å². The van der Waals surface area contributed by atoms with Crippen molar-refractivity contribution in [2.24, 2.45) is 0 Å². The molecule has 0 unspecified atom stereocenters. The molecule has 0 aromatic rings. The first-order valence-corrected chi connectivity index (χ1v) is 27.5. The van der Waals surface area contributed by atoms with E-state index in [0.29, 0.717) is 0 Å². The van der Waals surface area contributed by atoms with Crippen molar-refractivity contribution in [3.63, 3.8) is 0 Å². The van der Waals surface area contributed by atoms with E-state index in [-0.39, 0.29) is 0 Å². The molecule has 9 heteroatoms. The van der Waals surface area contributed by atoms with E-state index in [9.17, 15) is 0 Å². The molecule has 2 saturated heterocycles. The molecule has 6 nitrogen and oxygen atoms in total. The number of hydrogen-bond acceptors (Lipinski definition) is 6. The first-order valence-electron chi connectivity index (χ1n) is 16.1. The molecule has 0 aromatic heterocycles. The van der Waals surface area contributed by atoms with Gasteiger partial charge in [0.05, 0.1) is 0 Å². The van der Waals surface area contributed by atoms with Crippen LogP contribution in [0.15, 0.2) is 0 Å². The minimum absolute atomic E-state index is 0.923. The van der Waals surface area contributed by atoms with Crippen molar-refractivity contribution in [1.82, 2.24) is 11.0 Å². The van der Waals surface area contributed by atoms with Crippen LogP contribution in [0.4, 0.5) is 0 Å². The molecule has 0 atom stereocenters. The molecule has 37 heavy (non-hydrogen) atoms. The van der Waals surface area contributed by atoms with Crippen molar-refractivity contribution < 1.29 is 0 Å². The summed E-state index contributed by atoms with van der Waals surface area (Å²) >= 11 is -6.66. The Kier molecular flexibility index (Phi) is 10.2. The molecule has 1 spiro atoms. The molecular formula is C28H56N6Sb3-. The SMILES string of the molecule is C[N](C)[Sb]1[N](C2CCCCC2)[Sb-]2([N]1C1CCCCC1)[N](C1CCCCC1)[Sb]([N](C)C)[N]2C1CCCCC1. The van der Waals surface area contributed by atoms with Crippen LogP contribution in [-0.4, -0.2) is 125 Å². The van der Waals surface area contributed by atoms with Gasteiger partial charge in [0.1, 0.15) is 0 Å². The van der Waals surface area contributed by atoms with Crippen LogP contribution in [0.3, 0.4) is 0 Å². The zero-order chi connectivity index (χ0) is 25.6. The van der Waals surface area contributed by atoms with Crippen molar-refractivity contribution in [2.45, 2.75) is 153 Å². The first-order chi connectivity index (χ1) is 18.1. The third-order valence-electron chi connectivity index (χ3n) is 10.2. The summed E-state index contributed by atoms with van der Waals surface area (Å²) in [7, 11) is 10.0. The summed E-state index contributed by atoms with van der Waals surface area (Å²) in [4.78, 5) is 0. The maximum absolute atomic E-state index is 3.54. The van der Waals surface area contributed by atoms with Crippen molar-refractivity contribution in [2.75, 3.05) is 28.2 Å². The van der Waals surface area contributed by atoms with Crippen molar-refractivity contribution in [1.29, 1.82) is 0 Å². The van der Waals surface area contributed by atoms with Crippen molar-refractivity contribution in [3.8, 4) is 0 Å². The Balaban J connectivity index is 1.48. The van der Waals surface area contributed by atoms with Gasteiger partial charge in [-0.2, -0.15) is 0 Å². The minimum atomic E-state index is -2.95. The molecule has 214 valence electrons. The Hall–Kier alpha value is 2.21. The molecule has 0 amide bonds. The zero-order valence-corrected chi connectivity index (χ0v) is 32.1. The Morgan fingerprint density at radius 1 is 0.405 bits per heavy atom. The van der Waals surface area contributed by atoms with E-state index >= 15 is 0 Å².